The van der Waals surface area contributed by atoms with E-state index in [1.807, 2.05) is 12.1 Å². The standard InChI is InChI=1S/C26H34N2O3/c1-30-22-12-13-23(25(18-22)31-2)24-11-7-16-28(24)26(29)21-10-6-15-27(19-21)17-14-20-8-4-3-5-9-20/h3-5,8-9,12-13,18,21,24H,6-7,10-11,14-17,19H2,1-2H3/t21-,24-/m0/s1. The molecule has 4 rings (SSSR count). The van der Waals surface area contributed by atoms with Crippen LogP contribution in [-0.2, 0) is 11.2 Å². The molecule has 5 heteroatoms. The van der Waals surface area contributed by atoms with Crippen molar-refractivity contribution in [2.45, 2.75) is 38.1 Å². The zero-order valence-electron chi connectivity index (χ0n) is 18.8. The molecule has 5 nitrogen and oxygen atoms in total. The largest absolute Gasteiger partial charge is 0.497 e. The van der Waals surface area contributed by atoms with Gasteiger partial charge < -0.3 is 19.3 Å². The van der Waals surface area contributed by atoms with Crippen molar-refractivity contribution in [1.82, 2.24) is 9.80 Å². The van der Waals surface area contributed by atoms with E-state index in [1.165, 1.54) is 5.56 Å². The van der Waals surface area contributed by atoms with E-state index in [0.717, 1.165) is 75.3 Å². The van der Waals surface area contributed by atoms with Crippen LogP contribution in [0.3, 0.4) is 0 Å². The number of benzene rings is 2. The average molecular weight is 423 g/mol. The molecule has 0 aliphatic carbocycles. The van der Waals surface area contributed by atoms with E-state index in [2.05, 4.69) is 46.2 Å². The Morgan fingerprint density at radius 3 is 2.58 bits per heavy atom. The molecule has 2 aromatic rings. The maximum absolute atomic E-state index is 13.6. The van der Waals surface area contributed by atoms with Crippen LogP contribution >= 0.6 is 0 Å². The summed E-state index contributed by atoms with van der Waals surface area (Å²) >= 11 is 0. The molecule has 0 spiro atoms. The minimum atomic E-state index is 0.0908. The molecule has 0 N–H and O–H groups in total. The third kappa shape index (κ3) is 5.04. The van der Waals surface area contributed by atoms with Gasteiger partial charge in [0, 0.05) is 31.3 Å². The molecule has 0 unspecified atom stereocenters. The highest BCUT2D eigenvalue weighted by molar-refractivity contribution is 5.80. The maximum atomic E-state index is 13.6. The van der Waals surface area contributed by atoms with Crippen LogP contribution in [0.5, 0.6) is 11.5 Å². The van der Waals surface area contributed by atoms with Gasteiger partial charge in [-0.3, -0.25) is 4.79 Å². The summed E-state index contributed by atoms with van der Waals surface area (Å²) in [5.41, 5.74) is 2.45. The van der Waals surface area contributed by atoms with Crippen LogP contribution < -0.4 is 9.47 Å². The predicted octanol–water partition coefficient (Wildman–Crippen LogP) is 4.32. The zero-order chi connectivity index (χ0) is 21.6. The van der Waals surface area contributed by atoms with Crippen LogP contribution in [0, 0.1) is 5.92 Å². The number of piperidine rings is 1. The smallest absolute Gasteiger partial charge is 0.227 e. The minimum Gasteiger partial charge on any atom is -0.497 e. The van der Waals surface area contributed by atoms with Crippen LogP contribution in [-0.4, -0.2) is 56.1 Å². The Balaban J connectivity index is 1.42. The van der Waals surface area contributed by atoms with Gasteiger partial charge in [-0.15, -0.1) is 0 Å². The summed E-state index contributed by atoms with van der Waals surface area (Å²) in [5.74, 6) is 1.98. The minimum absolute atomic E-state index is 0.0908. The summed E-state index contributed by atoms with van der Waals surface area (Å²) < 4.78 is 11.0. The number of methoxy groups -OCH3 is 2. The van der Waals surface area contributed by atoms with Gasteiger partial charge in [0.05, 0.1) is 26.2 Å². The Morgan fingerprint density at radius 2 is 1.81 bits per heavy atom. The van der Waals surface area contributed by atoms with Gasteiger partial charge in [0.15, 0.2) is 0 Å². The van der Waals surface area contributed by atoms with Crippen molar-refractivity contribution in [3.8, 4) is 11.5 Å². The number of carbonyl (C=O) groups is 1. The maximum Gasteiger partial charge on any atom is 0.227 e. The average Bonchev–Trinajstić information content (AvgIpc) is 3.32. The molecule has 2 fully saturated rings. The van der Waals surface area contributed by atoms with Crippen molar-refractivity contribution < 1.29 is 14.3 Å². The molecule has 2 aromatic carbocycles. The van der Waals surface area contributed by atoms with Gasteiger partial charge in [-0.05, 0) is 56.3 Å². The van der Waals surface area contributed by atoms with Crippen molar-refractivity contribution in [2.24, 2.45) is 5.92 Å². The highest BCUT2D eigenvalue weighted by Crippen LogP contribution is 2.40. The fourth-order valence-electron chi connectivity index (χ4n) is 5.07. The molecule has 2 aliphatic heterocycles. The van der Waals surface area contributed by atoms with Gasteiger partial charge in [0.2, 0.25) is 5.91 Å². The number of rotatable bonds is 7. The highest BCUT2D eigenvalue weighted by Gasteiger charge is 2.36. The van der Waals surface area contributed by atoms with Crippen molar-refractivity contribution in [3.63, 3.8) is 0 Å². The Kier molecular flexibility index (Phi) is 7.13. The number of amides is 1. The van der Waals surface area contributed by atoms with Gasteiger partial charge in [-0.25, -0.2) is 0 Å². The molecule has 0 saturated carbocycles. The SMILES string of the molecule is COc1ccc([C@@H]2CCCN2C(=O)[C@H]2CCCN(CCc3ccccc3)C2)c(OC)c1. The molecule has 1 amide bonds. The molecule has 0 aromatic heterocycles. The number of carbonyl (C=O) groups excluding carboxylic acids is 1. The summed E-state index contributed by atoms with van der Waals surface area (Å²) in [6, 6.07) is 16.6. The first kappa shape index (κ1) is 21.7. The van der Waals surface area contributed by atoms with Crippen molar-refractivity contribution in [3.05, 3.63) is 59.7 Å². The third-order valence-corrected chi connectivity index (χ3v) is 6.75. The summed E-state index contributed by atoms with van der Waals surface area (Å²) in [4.78, 5) is 18.1. The first-order valence-corrected chi connectivity index (χ1v) is 11.5. The lowest BCUT2D eigenvalue weighted by Crippen LogP contribution is -2.45. The molecule has 0 radical (unpaired) electrons. The van der Waals surface area contributed by atoms with Crippen molar-refractivity contribution >= 4 is 5.91 Å². The Labute approximate surface area is 185 Å². The lowest BCUT2D eigenvalue weighted by molar-refractivity contribution is -0.138. The van der Waals surface area contributed by atoms with E-state index in [4.69, 9.17) is 9.47 Å². The van der Waals surface area contributed by atoms with E-state index in [0.29, 0.717) is 5.91 Å². The Hall–Kier alpha value is -2.53. The number of hydrogen-bond donors (Lipinski definition) is 0. The number of ether oxygens (including phenoxy) is 2. The van der Waals surface area contributed by atoms with E-state index in [1.54, 1.807) is 14.2 Å². The first-order valence-electron chi connectivity index (χ1n) is 11.5. The number of likely N-dealkylation sites (tertiary alicyclic amines) is 2. The van der Waals surface area contributed by atoms with Gasteiger partial charge in [0.1, 0.15) is 11.5 Å². The molecular weight excluding hydrogens is 388 g/mol. The van der Waals surface area contributed by atoms with E-state index in [-0.39, 0.29) is 12.0 Å². The Bertz CT molecular complexity index is 870. The van der Waals surface area contributed by atoms with Crippen molar-refractivity contribution in [1.29, 1.82) is 0 Å². The normalized spacial score (nSPS) is 21.8. The fourth-order valence-corrected chi connectivity index (χ4v) is 5.07. The topological polar surface area (TPSA) is 42.0 Å². The molecule has 2 saturated heterocycles. The Morgan fingerprint density at radius 1 is 1.00 bits per heavy atom. The van der Waals surface area contributed by atoms with Gasteiger partial charge >= 0.3 is 0 Å². The predicted molar refractivity (Wildman–Crippen MR) is 123 cm³/mol. The summed E-state index contributed by atoms with van der Waals surface area (Å²) in [6.45, 7) is 3.81. The van der Waals surface area contributed by atoms with Crippen LogP contribution in [0.15, 0.2) is 48.5 Å². The van der Waals surface area contributed by atoms with Crippen molar-refractivity contribution in [2.75, 3.05) is 40.4 Å². The van der Waals surface area contributed by atoms with E-state index in [9.17, 15) is 4.79 Å². The van der Waals surface area contributed by atoms with Crippen LogP contribution in [0.2, 0.25) is 0 Å². The van der Waals surface area contributed by atoms with E-state index >= 15 is 0 Å². The molecule has 0 bridgehead atoms. The van der Waals surface area contributed by atoms with Gasteiger partial charge in [-0.1, -0.05) is 30.3 Å². The first-order chi connectivity index (χ1) is 15.2. The van der Waals surface area contributed by atoms with Crippen LogP contribution in [0.1, 0.15) is 42.9 Å². The summed E-state index contributed by atoms with van der Waals surface area (Å²) in [7, 11) is 3.34. The second-order valence-electron chi connectivity index (χ2n) is 8.67. The molecule has 2 heterocycles. The van der Waals surface area contributed by atoms with Gasteiger partial charge in [0.25, 0.3) is 0 Å². The number of nitrogens with zero attached hydrogens (tertiary/aromatic N) is 2. The van der Waals surface area contributed by atoms with Crippen LogP contribution in [0.4, 0.5) is 0 Å². The summed E-state index contributed by atoms with van der Waals surface area (Å²) in [5, 5.41) is 0. The molecule has 166 valence electrons. The lowest BCUT2D eigenvalue weighted by Gasteiger charge is -2.36. The second kappa shape index (κ2) is 10.2. The van der Waals surface area contributed by atoms with E-state index < -0.39 is 0 Å². The number of hydrogen-bond acceptors (Lipinski definition) is 4. The van der Waals surface area contributed by atoms with Crippen LogP contribution in [0.25, 0.3) is 0 Å². The lowest BCUT2D eigenvalue weighted by atomic mass is 9.94. The molecule has 2 aliphatic rings. The third-order valence-electron chi connectivity index (χ3n) is 6.75. The highest BCUT2D eigenvalue weighted by atomic mass is 16.5. The molecule has 2 atom stereocenters. The van der Waals surface area contributed by atoms with Gasteiger partial charge in [-0.2, -0.15) is 0 Å². The summed E-state index contributed by atoms with van der Waals surface area (Å²) in [6.07, 6.45) is 5.14. The quantitative estimate of drug-likeness (QED) is 0.666. The second-order valence-corrected chi connectivity index (χ2v) is 8.67. The molecular formula is C26H34N2O3. The monoisotopic (exact) mass is 422 g/mol. The fraction of sp³-hybridized carbons (Fsp3) is 0.500. The zero-order valence-corrected chi connectivity index (χ0v) is 18.8. The molecule has 31 heavy (non-hydrogen) atoms.